The van der Waals surface area contributed by atoms with E-state index in [1.165, 1.54) is 20.4 Å². The highest BCUT2D eigenvalue weighted by molar-refractivity contribution is 14.1. The van der Waals surface area contributed by atoms with Gasteiger partial charge in [0.05, 0.1) is 0 Å². The monoisotopic (exact) mass is 351 g/mol. The summed E-state index contributed by atoms with van der Waals surface area (Å²) < 4.78 is 1.28. The van der Waals surface area contributed by atoms with Crippen molar-refractivity contribution in [2.45, 2.75) is 26.3 Å². The summed E-state index contributed by atoms with van der Waals surface area (Å²) in [4.78, 5) is 0. The number of hydrogen-bond acceptors (Lipinski definition) is 1. The van der Waals surface area contributed by atoms with E-state index < -0.39 is 0 Å². The quantitative estimate of drug-likeness (QED) is 0.762. The zero-order valence-corrected chi connectivity index (χ0v) is 12.9. The van der Waals surface area contributed by atoms with E-state index in [-0.39, 0.29) is 0 Å². The van der Waals surface area contributed by atoms with Crippen molar-refractivity contribution in [3.8, 4) is 0 Å². The summed E-state index contributed by atoms with van der Waals surface area (Å²) in [7, 11) is 0. The third kappa shape index (κ3) is 3.73. The molecule has 2 heteroatoms. The third-order valence-electron chi connectivity index (χ3n) is 2.99. The smallest absolute Gasteiger partial charge is 0.0400 e. The highest BCUT2D eigenvalue weighted by atomic mass is 127. The molecule has 0 unspecified atom stereocenters. The Morgan fingerprint density at radius 1 is 0.944 bits per heavy atom. The summed E-state index contributed by atoms with van der Waals surface area (Å²) in [6.45, 7) is 5.31. The lowest BCUT2D eigenvalue weighted by atomic mass is 10.0. The Bertz CT molecular complexity index is 486. The Balaban J connectivity index is 1.95. The van der Waals surface area contributed by atoms with Crippen LogP contribution in [0.4, 0.5) is 5.69 Å². The molecule has 0 aliphatic carbocycles. The maximum Gasteiger partial charge on any atom is 0.0400 e. The van der Waals surface area contributed by atoms with Crippen LogP contribution in [0.25, 0.3) is 0 Å². The molecule has 94 valence electrons. The number of anilines is 1. The average molecular weight is 351 g/mol. The summed E-state index contributed by atoms with van der Waals surface area (Å²) >= 11 is 2.33. The van der Waals surface area contributed by atoms with Crippen LogP contribution in [0.1, 0.15) is 30.9 Å². The Kier molecular flexibility index (Phi) is 4.64. The van der Waals surface area contributed by atoms with Crippen LogP contribution < -0.4 is 5.32 Å². The Morgan fingerprint density at radius 2 is 1.56 bits per heavy atom. The minimum absolute atomic E-state index is 0.593. The third-order valence-corrected chi connectivity index (χ3v) is 3.71. The molecule has 0 saturated carbocycles. The first-order chi connectivity index (χ1) is 8.65. The standard InChI is InChI=1S/C16H18IN/c1-12(2)14-5-9-16(10-6-14)18-11-13-3-7-15(17)8-4-13/h3-10,12,18H,11H2,1-2H3. The summed E-state index contributed by atoms with van der Waals surface area (Å²) in [6.07, 6.45) is 0. The molecule has 0 fully saturated rings. The first-order valence-electron chi connectivity index (χ1n) is 6.23. The van der Waals surface area contributed by atoms with Crippen molar-refractivity contribution in [1.82, 2.24) is 0 Å². The van der Waals surface area contributed by atoms with Crippen molar-refractivity contribution in [3.63, 3.8) is 0 Å². The van der Waals surface area contributed by atoms with Gasteiger partial charge in [-0.05, 0) is 63.9 Å². The van der Waals surface area contributed by atoms with Gasteiger partial charge in [-0.2, -0.15) is 0 Å². The number of nitrogens with one attached hydrogen (secondary N) is 1. The molecule has 0 aromatic heterocycles. The van der Waals surface area contributed by atoms with Crippen LogP contribution in [0.2, 0.25) is 0 Å². The van der Waals surface area contributed by atoms with Crippen LogP contribution in [-0.4, -0.2) is 0 Å². The van der Waals surface area contributed by atoms with E-state index in [1.54, 1.807) is 0 Å². The van der Waals surface area contributed by atoms with Gasteiger partial charge in [-0.3, -0.25) is 0 Å². The van der Waals surface area contributed by atoms with Crippen molar-refractivity contribution in [1.29, 1.82) is 0 Å². The molecule has 2 rings (SSSR count). The van der Waals surface area contributed by atoms with Gasteiger partial charge in [0, 0.05) is 15.8 Å². The molecular weight excluding hydrogens is 333 g/mol. The molecule has 18 heavy (non-hydrogen) atoms. The van der Waals surface area contributed by atoms with Crippen LogP contribution in [0.5, 0.6) is 0 Å². The van der Waals surface area contributed by atoms with E-state index in [0.29, 0.717) is 5.92 Å². The topological polar surface area (TPSA) is 12.0 Å². The maximum absolute atomic E-state index is 3.44. The maximum atomic E-state index is 3.44. The van der Waals surface area contributed by atoms with E-state index in [2.05, 4.69) is 90.3 Å². The van der Waals surface area contributed by atoms with Crippen molar-refractivity contribution in [2.24, 2.45) is 0 Å². The molecule has 0 saturated heterocycles. The molecular formula is C16H18IN. The van der Waals surface area contributed by atoms with Gasteiger partial charge in [0.25, 0.3) is 0 Å². The van der Waals surface area contributed by atoms with Gasteiger partial charge in [0.2, 0.25) is 0 Å². The van der Waals surface area contributed by atoms with Gasteiger partial charge < -0.3 is 5.32 Å². The minimum Gasteiger partial charge on any atom is -0.381 e. The molecule has 0 radical (unpaired) electrons. The molecule has 0 aliphatic rings. The number of rotatable bonds is 4. The predicted molar refractivity (Wildman–Crippen MR) is 87.0 cm³/mol. The molecule has 0 atom stereocenters. The van der Waals surface area contributed by atoms with E-state index in [4.69, 9.17) is 0 Å². The average Bonchev–Trinajstić information content (AvgIpc) is 2.38. The minimum atomic E-state index is 0.593. The summed E-state index contributed by atoms with van der Waals surface area (Å²) in [5.41, 5.74) is 3.87. The van der Waals surface area contributed by atoms with E-state index >= 15 is 0 Å². The Labute approximate surface area is 123 Å². The molecule has 1 N–H and O–H groups in total. The first-order valence-corrected chi connectivity index (χ1v) is 7.31. The highest BCUT2D eigenvalue weighted by Crippen LogP contribution is 2.17. The largest absolute Gasteiger partial charge is 0.381 e. The molecule has 2 aromatic carbocycles. The molecule has 0 spiro atoms. The fourth-order valence-corrected chi connectivity index (χ4v) is 2.15. The second kappa shape index (κ2) is 6.23. The van der Waals surface area contributed by atoms with Gasteiger partial charge >= 0.3 is 0 Å². The van der Waals surface area contributed by atoms with Crippen LogP contribution in [0.15, 0.2) is 48.5 Å². The zero-order valence-electron chi connectivity index (χ0n) is 10.8. The molecule has 0 bridgehead atoms. The normalized spacial score (nSPS) is 10.7. The zero-order chi connectivity index (χ0) is 13.0. The number of halogens is 1. The van der Waals surface area contributed by atoms with Gasteiger partial charge in [0.15, 0.2) is 0 Å². The highest BCUT2D eigenvalue weighted by Gasteiger charge is 1.99. The van der Waals surface area contributed by atoms with Gasteiger partial charge in [-0.25, -0.2) is 0 Å². The van der Waals surface area contributed by atoms with Crippen LogP contribution in [-0.2, 0) is 6.54 Å². The number of benzene rings is 2. The lowest BCUT2D eigenvalue weighted by molar-refractivity contribution is 0.867. The van der Waals surface area contributed by atoms with Crippen LogP contribution in [0.3, 0.4) is 0 Å². The molecule has 0 aliphatic heterocycles. The Morgan fingerprint density at radius 3 is 2.11 bits per heavy atom. The molecule has 2 aromatic rings. The summed E-state index contributed by atoms with van der Waals surface area (Å²) in [5, 5.41) is 3.44. The Hall–Kier alpha value is -1.03. The molecule has 0 amide bonds. The van der Waals surface area contributed by atoms with Crippen molar-refractivity contribution >= 4 is 28.3 Å². The fraction of sp³-hybridized carbons (Fsp3) is 0.250. The van der Waals surface area contributed by atoms with Gasteiger partial charge in [0.1, 0.15) is 0 Å². The fourth-order valence-electron chi connectivity index (χ4n) is 1.79. The molecule has 0 heterocycles. The summed E-state index contributed by atoms with van der Waals surface area (Å²) in [6, 6.07) is 17.3. The van der Waals surface area contributed by atoms with Crippen LogP contribution in [0, 0.1) is 3.57 Å². The second-order valence-corrected chi connectivity index (χ2v) is 6.00. The first kappa shape index (κ1) is 13.4. The van der Waals surface area contributed by atoms with E-state index in [9.17, 15) is 0 Å². The SMILES string of the molecule is CC(C)c1ccc(NCc2ccc(I)cc2)cc1. The lowest BCUT2D eigenvalue weighted by Gasteiger charge is -2.09. The number of hydrogen-bond donors (Lipinski definition) is 1. The predicted octanol–water partition coefficient (Wildman–Crippen LogP) is 5.03. The van der Waals surface area contributed by atoms with E-state index in [1.807, 2.05) is 0 Å². The molecule has 1 nitrogen and oxygen atoms in total. The van der Waals surface area contributed by atoms with Crippen molar-refractivity contribution in [3.05, 3.63) is 63.2 Å². The lowest BCUT2D eigenvalue weighted by Crippen LogP contribution is -1.99. The second-order valence-electron chi connectivity index (χ2n) is 4.76. The van der Waals surface area contributed by atoms with E-state index in [0.717, 1.165) is 6.54 Å². The van der Waals surface area contributed by atoms with Gasteiger partial charge in [-0.1, -0.05) is 38.1 Å². The van der Waals surface area contributed by atoms with Gasteiger partial charge in [-0.15, -0.1) is 0 Å². The summed E-state index contributed by atoms with van der Waals surface area (Å²) in [5.74, 6) is 0.593. The van der Waals surface area contributed by atoms with Crippen LogP contribution >= 0.6 is 22.6 Å². The van der Waals surface area contributed by atoms with Crippen molar-refractivity contribution < 1.29 is 0 Å². The van der Waals surface area contributed by atoms with Crippen molar-refractivity contribution in [2.75, 3.05) is 5.32 Å².